The van der Waals surface area contributed by atoms with Crippen LogP contribution in [-0.2, 0) is 25.9 Å². The lowest BCUT2D eigenvalue weighted by Gasteiger charge is -2.13. The number of aryl methyl sites for hydroxylation is 1. The van der Waals surface area contributed by atoms with Gasteiger partial charge in [0.05, 0.1) is 25.4 Å². The third kappa shape index (κ3) is 4.97. The van der Waals surface area contributed by atoms with Crippen molar-refractivity contribution in [3.8, 4) is 11.5 Å². The second-order valence-corrected chi connectivity index (χ2v) is 6.82. The summed E-state index contributed by atoms with van der Waals surface area (Å²) in [6, 6.07) is 6.11. The zero-order chi connectivity index (χ0) is 19.9. The first kappa shape index (κ1) is 20.0. The standard InChI is InChI=1S/C21H30N4O3/c1-5-17-11-18(28-25-17)13-24-21(22-6-2)23-12-16-10-20-15(8-14(4)27-20)9-19(16)26-7-3/h9-11,14H,5-8,12-13H2,1-4H3,(H2,22,23,24). The topological polar surface area (TPSA) is 80.9 Å². The number of ether oxygens (including phenoxy) is 2. The Morgan fingerprint density at radius 2 is 2.11 bits per heavy atom. The van der Waals surface area contributed by atoms with Gasteiger partial charge in [0.2, 0.25) is 0 Å². The van der Waals surface area contributed by atoms with Crippen LogP contribution in [0.5, 0.6) is 11.5 Å². The molecule has 152 valence electrons. The van der Waals surface area contributed by atoms with Gasteiger partial charge in [0.15, 0.2) is 11.7 Å². The molecule has 0 bridgehead atoms. The molecule has 7 nitrogen and oxygen atoms in total. The largest absolute Gasteiger partial charge is 0.494 e. The van der Waals surface area contributed by atoms with Crippen LogP contribution in [-0.4, -0.2) is 30.4 Å². The van der Waals surface area contributed by atoms with Gasteiger partial charge in [-0.05, 0) is 39.3 Å². The summed E-state index contributed by atoms with van der Waals surface area (Å²) >= 11 is 0. The highest BCUT2D eigenvalue weighted by Crippen LogP contribution is 2.35. The number of fused-ring (bicyclic) bond motifs is 1. The summed E-state index contributed by atoms with van der Waals surface area (Å²) in [6.07, 6.45) is 1.98. The van der Waals surface area contributed by atoms with Crippen molar-refractivity contribution in [3.05, 3.63) is 40.8 Å². The summed E-state index contributed by atoms with van der Waals surface area (Å²) in [6.45, 7) is 10.6. The van der Waals surface area contributed by atoms with Crippen LogP contribution in [0.4, 0.5) is 0 Å². The number of guanidine groups is 1. The minimum Gasteiger partial charge on any atom is -0.494 e. The number of nitrogens with one attached hydrogen (secondary N) is 2. The second-order valence-electron chi connectivity index (χ2n) is 6.82. The summed E-state index contributed by atoms with van der Waals surface area (Å²) in [7, 11) is 0. The summed E-state index contributed by atoms with van der Waals surface area (Å²) < 4.78 is 17.1. The summed E-state index contributed by atoms with van der Waals surface area (Å²) in [5, 5.41) is 10.6. The Kier molecular flexibility index (Phi) is 6.79. The van der Waals surface area contributed by atoms with Gasteiger partial charge in [-0.3, -0.25) is 0 Å². The number of hydrogen-bond donors (Lipinski definition) is 2. The lowest BCUT2D eigenvalue weighted by atomic mass is 10.1. The van der Waals surface area contributed by atoms with E-state index < -0.39 is 0 Å². The van der Waals surface area contributed by atoms with Gasteiger partial charge in [-0.25, -0.2) is 4.99 Å². The van der Waals surface area contributed by atoms with Crippen LogP contribution >= 0.6 is 0 Å². The normalized spacial score (nSPS) is 15.9. The molecule has 28 heavy (non-hydrogen) atoms. The molecule has 7 heteroatoms. The quantitative estimate of drug-likeness (QED) is 0.536. The van der Waals surface area contributed by atoms with Crippen LogP contribution in [0.3, 0.4) is 0 Å². The molecular weight excluding hydrogens is 356 g/mol. The number of benzene rings is 1. The highest BCUT2D eigenvalue weighted by molar-refractivity contribution is 5.79. The predicted octanol–water partition coefficient (Wildman–Crippen LogP) is 3.21. The Bertz CT molecular complexity index is 816. The molecule has 1 atom stereocenters. The first-order valence-corrected chi connectivity index (χ1v) is 10.0. The highest BCUT2D eigenvalue weighted by atomic mass is 16.5. The van der Waals surface area contributed by atoms with Crippen molar-refractivity contribution in [1.82, 2.24) is 15.8 Å². The molecule has 3 rings (SSSR count). The van der Waals surface area contributed by atoms with Crippen molar-refractivity contribution < 1.29 is 14.0 Å². The SMILES string of the molecule is CCNC(=NCc1cc2c(cc1OCC)CC(C)O2)NCc1cc(CC)no1. The minimum absolute atomic E-state index is 0.206. The molecular formula is C21H30N4O3. The molecule has 1 aliphatic heterocycles. The smallest absolute Gasteiger partial charge is 0.191 e. The molecule has 1 aliphatic rings. The summed E-state index contributed by atoms with van der Waals surface area (Å²) in [5.41, 5.74) is 3.16. The summed E-state index contributed by atoms with van der Waals surface area (Å²) in [5.74, 6) is 3.32. The molecule has 2 aromatic rings. The minimum atomic E-state index is 0.206. The van der Waals surface area contributed by atoms with E-state index in [1.54, 1.807) is 0 Å². The molecule has 0 radical (unpaired) electrons. The zero-order valence-corrected chi connectivity index (χ0v) is 17.2. The Morgan fingerprint density at radius 1 is 1.25 bits per heavy atom. The Morgan fingerprint density at radius 3 is 2.82 bits per heavy atom. The van der Waals surface area contributed by atoms with E-state index in [0.29, 0.717) is 25.7 Å². The van der Waals surface area contributed by atoms with Crippen LogP contribution in [0.2, 0.25) is 0 Å². The maximum Gasteiger partial charge on any atom is 0.191 e. The highest BCUT2D eigenvalue weighted by Gasteiger charge is 2.21. The van der Waals surface area contributed by atoms with Crippen molar-refractivity contribution in [3.63, 3.8) is 0 Å². The average Bonchev–Trinajstić information content (AvgIpc) is 3.29. The van der Waals surface area contributed by atoms with Crippen molar-refractivity contribution >= 4 is 5.96 Å². The van der Waals surface area contributed by atoms with Gasteiger partial charge in [0.25, 0.3) is 0 Å². The van der Waals surface area contributed by atoms with E-state index in [1.165, 1.54) is 5.56 Å². The fourth-order valence-electron chi connectivity index (χ4n) is 3.18. The van der Waals surface area contributed by atoms with Crippen molar-refractivity contribution in [2.75, 3.05) is 13.2 Å². The first-order valence-electron chi connectivity index (χ1n) is 10.0. The van der Waals surface area contributed by atoms with Crippen LogP contribution in [0.25, 0.3) is 0 Å². The van der Waals surface area contributed by atoms with E-state index in [4.69, 9.17) is 19.0 Å². The van der Waals surface area contributed by atoms with Gasteiger partial charge in [0.1, 0.15) is 17.6 Å². The third-order valence-electron chi connectivity index (χ3n) is 4.53. The molecule has 0 spiro atoms. The van der Waals surface area contributed by atoms with Gasteiger partial charge in [-0.2, -0.15) is 0 Å². The van der Waals surface area contributed by atoms with Crippen molar-refractivity contribution in [1.29, 1.82) is 0 Å². The second kappa shape index (κ2) is 9.48. The fraction of sp³-hybridized carbons (Fsp3) is 0.524. The molecule has 0 fully saturated rings. The van der Waals surface area contributed by atoms with Gasteiger partial charge >= 0.3 is 0 Å². The Labute approximate surface area is 166 Å². The van der Waals surface area contributed by atoms with E-state index in [9.17, 15) is 0 Å². The average molecular weight is 386 g/mol. The van der Waals surface area contributed by atoms with Crippen molar-refractivity contribution in [2.24, 2.45) is 4.99 Å². The molecule has 2 heterocycles. The van der Waals surface area contributed by atoms with E-state index >= 15 is 0 Å². The van der Waals surface area contributed by atoms with Crippen molar-refractivity contribution in [2.45, 2.75) is 59.7 Å². The van der Waals surface area contributed by atoms with Gasteiger partial charge in [-0.1, -0.05) is 12.1 Å². The molecule has 2 N–H and O–H groups in total. The first-order chi connectivity index (χ1) is 13.6. The zero-order valence-electron chi connectivity index (χ0n) is 17.2. The van der Waals surface area contributed by atoms with Crippen LogP contribution < -0.4 is 20.1 Å². The molecule has 0 aliphatic carbocycles. The maximum atomic E-state index is 5.90. The number of hydrogen-bond acceptors (Lipinski definition) is 5. The van der Waals surface area contributed by atoms with E-state index in [2.05, 4.69) is 41.8 Å². The molecule has 0 amide bonds. The Hall–Kier alpha value is -2.70. The lowest BCUT2D eigenvalue weighted by molar-refractivity contribution is 0.254. The molecule has 0 saturated carbocycles. The number of aromatic nitrogens is 1. The summed E-state index contributed by atoms with van der Waals surface area (Å²) in [4.78, 5) is 4.71. The number of nitrogens with zero attached hydrogens (tertiary/aromatic N) is 2. The molecule has 1 aromatic heterocycles. The van der Waals surface area contributed by atoms with Crippen LogP contribution in [0.15, 0.2) is 27.7 Å². The number of rotatable bonds is 8. The van der Waals surface area contributed by atoms with Gasteiger partial charge in [-0.15, -0.1) is 0 Å². The molecule has 1 unspecified atom stereocenters. The molecule has 1 aromatic carbocycles. The van der Waals surface area contributed by atoms with E-state index in [1.807, 2.05) is 19.9 Å². The fourth-order valence-corrected chi connectivity index (χ4v) is 3.18. The Balaban J connectivity index is 1.72. The van der Waals surface area contributed by atoms with E-state index in [-0.39, 0.29) is 6.10 Å². The van der Waals surface area contributed by atoms with E-state index in [0.717, 1.165) is 47.9 Å². The monoisotopic (exact) mass is 386 g/mol. The van der Waals surface area contributed by atoms with Gasteiger partial charge in [0, 0.05) is 30.2 Å². The predicted molar refractivity (Wildman–Crippen MR) is 109 cm³/mol. The molecule has 0 saturated heterocycles. The van der Waals surface area contributed by atoms with Crippen LogP contribution in [0.1, 0.15) is 50.3 Å². The van der Waals surface area contributed by atoms with Crippen LogP contribution in [0, 0.1) is 0 Å². The van der Waals surface area contributed by atoms with Gasteiger partial charge < -0.3 is 24.6 Å². The third-order valence-corrected chi connectivity index (χ3v) is 4.53. The maximum absolute atomic E-state index is 5.90. The number of aliphatic imine (C=N–C) groups is 1. The lowest BCUT2D eigenvalue weighted by Crippen LogP contribution is -2.36.